The van der Waals surface area contributed by atoms with Crippen LogP contribution >= 0.6 is 0 Å². The first-order valence-corrected chi connectivity index (χ1v) is 2.81. The average molecular weight is 169 g/mol. The van der Waals surface area contributed by atoms with Gasteiger partial charge in [-0.25, -0.2) is 4.79 Å². The van der Waals surface area contributed by atoms with E-state index in [0.29, 0.717) is 0 Å². The molecule has 0 aliphatic heterocycles. The molecule has 0 aromatic carbocycles. The van der Waals surface area contributed by atoms with E-state index >= 15 is 0 Å². The van der Waals surface area contributed by atoms with Gasteiger partial charge < -0.3 is 15.2 Å². The van der Waals surface area contributed by atoms with E-state index in [1.807, 2.05) is 0 Å². The van der Waals surface area contributed by atoms with Gasteiger partial charge in [0.25, 0.3) is 0 Å². The largest absolute Gasteiger partial charge is 0.478 e. The molecule has 1 rings (SSSR count). The zero-order valence-corrected chi connectivity index (χ0v) is 5.67. The molecule has 0 radical (unpaired) electrons. The van der Waals surface area contributed by atoms with E-state index in [-0.39, 0.29) is 5.56 Å². The van der Waals surface area contributed by atoms with Gasteiger partial charge >= 0.3 is 11.8 Å². The van der Waals surface area contributed by atoms with E-state index in [1.54, 1.807) is 0 Å². The Kier molecular flexibility index (Phi) is 1.95. The van der Waals surface area contributed by atoms with Crippen LogP contribution in [0.5, 0.6) is 0 Å². The van der Waals surface area contributed by atoms with Crippen molar-refractivity contribution in [3.05, 3.63) is 27.9 Å². The smallest absolute Gasteiger partial charge is 0.391 e. The molecule has 0 amide bonds. The third kappa shape index (κ3) is 1.51. The molecular formula is C5H3N3O4. The third-order valence-electron chi connectivity index (χ3n) is 1.08. The molecule has 0 saturated heterocycles. The number of aromatic carboxylic acids is 1. The molecule has 7 heteroatoms. The fraction of sp³-hybridized carbons (Fsp3) is 0. The molecule has 1 heterocycles. The van der Waals surface area contributed by atoms with Crippen LogP contribution in [0.25, 0.3) is 0 Å². The first kappa shape index (κ1) is 8.05. The topological polar surface area (TPSA) is 106 Å². The minimum absolute atomic E-state index is 0.253. The summed E-state index contributed by atoms with van der Waals surface area (Å²) in [6.45, 7) is 0. The molecule has 7 nitrogen and oxygen atoms in total. The number of carboxylic acid groups (broad SMARTS) is 1. The summed E-state index contributed by atoms with van der Waals surface area (Å²) in [4.78, 5) is 19.6. The van der Waals surface area contributed by atoms with Crippen molar-refractivity contribution in [2.75, 3.05) is 0 Å². The summed E-state index contributed by atoms with van der Waals surface area (Å²) in [6.07, 6.45) is 0.940. The maximum atomic E-state index is 10.3. The summed E-state index contributed by atoms with van der Waals surface area (Å²) >= 11 is 0. The number of nitro groups is 1. The Balaban J connectivity index is 3.12. The van der Waals surface area contributed by atoms with Gasteiger partial charge in [0.15, 0.2) is 0 Å². The van der Waals surface area contributed by atoms with Crippen molar-refractivity contribution in [1.29, 1.82) is 0 Å². The lowest BCUT2D eigenvalue weighted by molar-refractivity contribution is -0.390. The lowest BCUT2D eigenvalue weighted by Gasteiger charge is -1.91. The predicted octanol–water partition coefficient (Wildman–Crippen LogP) is 0.0830. The Morgan fingerprint density at radius 2 is 2.33 bits per heavy atom. The molecule has 0 saturated carbocycles. The van der Waals surface area contributed by atoms with Gasteiger partial charge in [-0.1, -0.05) is 0 Å². The molecule has 0 bridgehead atoms. The van der Waals surface area contributed by atoms with Gasteiger partial charge in [0.1, 0.15) is 0 Å². The molecule has 0 aliphatic carbocycles. The Labute approximate surface area is 65.8 Å². The van der Waals surface area contributed by atoms with E-state index in [4.69, 9.17) is 5.11 Å². The van der Waals surface area contributed by atoms with Crippen molar-refractivity contribution in [2.24, 2.45) is 0 Å². The molecule has 0 unspecified atom stereocenters. The van der Waals surface area contributed by atoms with Gasteiger partial charge in [-0.3, -0.25) is 0 Å². The summed E-state index contributed by atoms with van der Waals surface area (Å²) in [5.41, 5.74) is -0.253. The molecule has 0 fully saturated rings. The summed E-state index contributed by atoms with van der Waals surface area (Å²) in [7, 11) is 0. The van der Waals surface area contributed by atoms with E-state index in [9.17, 15) is 14.9 Å². The van der Waals surface area contributed by atoms with E-state index in [1.165, 1.54) is 0 Å². The SMILES string of the molecule is O=C(O)c1cnnc([N+](=O)[O-])c1. The second-order valence-electron chi connectivity index (χ2n) is 1.86. The van der Waals surface area contributed by atoms with Crippen molar-refractivity contribution in [2.45, 2.75) is 0 Å². The Morgan fingerprint density at radius 3 is 2.83 bits per heavy atom. The van der Waals surface area contributed by atoms with Crippen molar-refractivity contribution < 1.29 is 14.8 Å². The number of rotatable bonds is 2. The predicted molar refractivity (Wildman–Crippen MR) is 35.6 cm³/mol. The average Bonchev–Trinajstić information content (AvgIpc) is 2.04. The fourth-order valence-electron chi connectivity index (χ4n) is 0.562. The van der Waals surface area contributed by atoms with Crippen molar-refractivity contribution in [3.63, 3.8) is 0 Å². The summed E-state index contributed by atoms with van der Waals surface area (Å²) < 4.78 is 0. The van der Waals surface area contributed by atoms with Crippen LogP contribution < -0.4 is 0 Å². The molecule has 0 atom stereocenters. The van der Waals surface area contributed by atoms with Gasteiger partial charge in [-0.05, 0) is 10.0 Å². The van der Waals surface area contributed by atoms with Gasteiger partial charge in [0, 0.05) is 0 Å². The first-order valence-electron chi connectivity index (χ1n) is 2.81. The maximum Gasteiger partial charge on any atom is 0.391 e. The monoisotopic (exact) mass is 169 g/mol. The van der Waals surface area contributed by atoms with E-state index < -0.39 is 16.7 Å². The van der Waals surface area contributed by atoms with Crippen LogP contribution in [0.2, 0.25) is 0 Å². The minimum Gasteiger partial charge on any atom is -0.478 e. The van der Waals surface area contributed by atoms with Gasteiger partial charge in [-0.2, -0.15) is 0 Å². The van der Waals surface area contributed by atoms with Gasteiger partial charge in [0.2, 0.25) is 0 Å². The minimum atomic E-state index is -1.27. The Morgan fingerprint density at radius 1 is 1.67 bits per heavy atom. The second kappa shape index (κ2) is 2.91. The molecule has 1 N–H and O–H groups in total. The molecule has 12 heavy (non-hydrogen) atoms. The fourth-order valence-corrected chi connectivity index (χ4v) is 0.562. The summed E-state index contributed by atoms with van der Waals surface area (Å²) in [5, 5.41) is 24.8. The lowest BCUT2D eigenvalue weighted by Crippen LogP contribution is -2.01. The maximum absolute atomic E-state index is 10.3. The number of carboxylic acids is 1. The van der Waals surface area contributed by atoms with Crippen LogP contribution in [0.15, 0.2) is 12.3 Å². The standard InChI is InChI=1S/C5H3N3O4/c9-5(10)3-1-4(8(11)12)7-6-2-3/h1-2H,(H,9,10). The van der Waals surface area contributed by atoms with Gasteiger partial charge in [0.05, 0.1) is 22.9 Å². The summed E-state index contributed by atoms with van der Waals surface area (Å²) in [5.74, 6) is -1.84. The number of nitrogens with zero attached hydrogens (tertiary/aromatic N) is 3. The van der Waals surface area contributed by atoms with Gasteiger partial charge in [-0.15, -0.1) is 0 Å². The normalized spacial score (nSPS) is 9.33. The molecule has 0 spiro atoms. The first-order chi connectivity index (χ1) is 5.61. The highest BCUT2D eigenvalue weighted by Crippen LogP contribution is 2.06. The highest BCUT2D eigenvalue weighted by Gasteiger charge is 2.12. The third-order valence-corrected chi connectivity index (χ3v) is 1.08. The quantitative estimate of drug-likeness (QED) is 0.496. The van der Waals surface area contributed by atoms with E-state index in [2.05, 4.69) is 10.2 Å². The highest BCUT2D eigenvalue weighted by atomic mass is 16.6. The molecule has 62 valence electrons. The Hall–Kier alpha value is -2.05. The number of hydrogen-bond donors (Lipinski definition) is 1. The van der Waals surface area contributed by atoms with Crippen LogP contribution in [0.1, 0.15) is 10.4 Å². The second-order valence-corrected chi connectivity index (χ2v) is 1.86. The molecule has 1 aromatic heterocycles. The molecule has 0 aliphatic rings. The lowest BCUT2D eigenvalue weighted by atomic mass is 10.3. The summed E-state index contributed by atoms with van der Waals surface area (Å²) in [6, 6.07) is 0.843. The van der Waals surface area contributed by atoms with Crippen LogP contribution in [-0.2, 0) is 0 Å². The van der Waals surface area contributed by atoms with Crippen molar-refractivity contribution in [1.82, 2.24) is 10.2 Å². The van der Waals surface area contributed by atoms with Crippen LogP contribution in [0, 0.1) is 10.1 Å². The highest BCUT2D eigenvalue weighted by molar-refractivity contribution is 5.87. The van der Waals surface area contributed by atoms with Crippen LogP contribution in [-0.4, -0.2) is 26.2 Å². The van der Waals surface area contributed by atoms with Crippen LogP contribution in [0.4, 0.5) is 5.82 Å². The van der Waals surface area contributed by atoms with Crippen molar-refractivity contribution >= 4 is 11.8 Å². The number of aromatic nitrogens is 2. The van der Waals surface area contributed by atoms with Crippen molar-refractivity contribution in [3.8, 4) is 0 Å². The molecule has 1 aromatic rings. The number of hydrogen-bond acceptors (Lipinski definition) is 5. The molecular weight excluding hydrogens is 166 g/mol. The zero-order valence-electron chi connectivity index (χ0n) is 5.67. The number of carbonyl (C=O) groups is 1. The zero-order chi connectivity index (χ0) is 9.14. The van der Waals surface area contributed by atoms with Crippen LogP contribution in [0.3, 0.4) is 0 Å². The van der Waals surface area contributed by atoms with E-state index in [0.717, 1.165) is 12.3 Å². The Bertz CT molecular complexity index is 308.